The predicted molar refractivity (Wildman–Crippen MR) is 85.0 cm³/mol. The molecule has 0 aliphatic carbocycles. The van der Waals surface area contributed by atoms with Gasteiger partial charge in [-0.25, -0.2) is 16.8 Å². The van der Waals surface area contributed by atoms with Gasteiger partial charge in [0.25, 0.3) is 0 Å². The first-order valence-corrected chi connectivity index (χ1v) is 10.2. The van der Waals surface area contributed by atoms with Crippen LogP contribution in [0.3, 0.4) is 0 Å². The minimum atomic E-state index is -6.72. The number of alkyl halides is 6. The van der Waals surface area contributed by atoms with E-state index in [1.54, 1.807) is 7.11 Å². The number of nitrogens with zero attached hydrogens (tertiary/aromatic N) is 3. The second-order valence-electron chi connectivity index (χ2n) is 5.17. The van der Waals surface area contributed by atoms with Crippen LogP contribution in [0.5, 0.6) is 0 Å². The number of ether oxygens (including phenoxy) is 1. The van der Waals surface area contributed by atoms with Gasteiger partial charge in [-0.1, -0.05) is 0 Å². The van der Waals surface area contributed by atoms with Crippen molar-refractivity contribution in [1.82, 2.24) is 4.68 Å². The van der Waals surface area contributed by atoms with Crippen LogP contribution in [-0.2, 0) is 37.9 Å². The molecule has 16 heteroatoms. The fraction of sp³-hybridized carbons (Fsp3) is 0.750. The first-order chi connectivity index (χ1) is 12.4. The molecule has 0 spiro atoms. The Morgan fingerprint density at radius 2 is 1.46 bits per heavy atom. The van der Waals surface area contributed by atoms with E-state index in [2.05, 4.69) is 36.2 Å². The van der Waals surface area contributed by atoms with Crippen molar-refractivity contribution >= 4 is 20.0 Å². The number of methoxy groups -OCH3 is 1. The highest BCUT2D eigenvalue weighted by atomic mass is 32.3. The third-order valence-corrected chi connectivity index (χ3v) is 5.85. The van der Waals surface area contributed by atoms with Gasteiger partial charge in [0.2, 0.25) is 5.69 Å². The molecular weight excluding hydrogens is 444 g/mol. The predicted octanol–water partition coefficient (Wildman–Crippen LogP) is 2.12. The van der Waals surface area contributed by atoms with Gasteiger partial charge < -0.3 is 8.86 Å². The highest BCUT2D eigenvalue weighted by molar-refractivity contribution is 8.13. The lowest BCUT2D eigenvalue weighted by molar-refractivity contribution is -0.781. The van der Waals surface area contributed by atoms with Crippen LogP contribution in [0.4, 0.5) is 26.3 Å². The molecule has 0 saturated carbocycles. The molecule has 0 amide bonds. The maximum atomic E-state index is 11.4. The minimum absolute atomic E-state index is 0.773. The summed E-state index contributed by atoms with van der Waals surface area (Å²) in [4.78, 5) is 0. The van der Waals surface area contributed by atoms with E-state index in [0.717, 1.165) is 23.8 Å². The number of aryl methyl sites for hydroxylation is 2. The van der Waals surface area contributed by atoms with Crippen LogP contribution in [0.2, 0.25) is 0 Å². The van der Waals surface area contributed by atoms with E-state index < -0.39 is 31.1 Å². The summed E-state index contributed by atoms with van der Waals surface area (Å²) in [6.07, 6.45) is 0. The van der Waals surface area contributed by atoms with Crippen molar-refractivity contribution < 1.29 is 52.6 Å². The summed E-state index contributed by atoms with van der Waals surface area (Å²) in [7, 11) is -11.7. The maximum absolute atomic E-state index is 11.4. The molecule has 0 bridgehead atoms. The molecule has 0 aromatic carbocycles. The summed E-state index contributed by atoms with van der Waals surface area (Å²) >= 11 is 0. The zero-order chi connectivity index (χ0) is 22.6. The van der Waals surface area contributed by atoms with Gasteiger partial charge in [-0.2, -0.15) is 31.0 Å². The van der Waals surface area contributed by atoms with Crippen LogP contribution in [0, 0.1) is 13.8 Å². The Morgan fingerprint density at radius 3 is 1.79 bits per heavy atom. The van der Waals surface area contributed by atoms with Crippen molar-refractivity contribution in [2.75, 3.05) is 13.7 Å². The summed E-state index contributed by atoms with van der Waals surface area (Å²) in [6.45, 7) is 9.16. The van der Waals surface area contributed by atoms with Crippen LogP contribution < -0.4 is 4.68 Å². The molecule has 0 atom stereocenters. The van der Waals surface area contributed by atoms with Crippen molar-refractivity contribution in [3.63, 3.8) is 0 Å². The number of hydrogen-bond acceptors (Lipinski definition) is 5. The molecular formula is C12H19F6N3O5S2. The Bertz CT molecular complexity index is 818. The molecule has 0 unspecified atom stereocenters. The Balaban J connectivity index is 0.000000525. The van der Waals surface area contributed by atoms with E-state index in [1.165, 1.54) is 11.4 Å². The Labute approximate surface area is 158 Å². The van der Waals surface area contributed by atoms with Crippen molar-refractivity contribution in [2.24, 2.45) is 0 Å². The molecule has 0 aliphatic heterocycles. The average molecular weight is 463 g/mol. The summed E-state index contributed by atoms with van der Waals surface area (Å²) in [6, 6.07) is 2.21. The zero-order valence-corrected chi connectivity index (χ0v) is 16.8. The Morgan fingerprint density at radius 1 is 1.04 bits per heavy atom. The normalized spacial score (nSPS) is 13.2. The highest BCUT2D eigenvalue weighted by Crippen LogP contribution is 2.36. The molecule has 166 valence electrons. The van der Waals surface area contributed by atoms with Gasteiger partial charge >= 0.3 is 11.0 Å². The standard InChI is InChI=1S/C10H19N2O.C2F6NO4S2/c1-5-11-9(2)8-10(3)12(11)6-7-13-4;3-1(4,5)14(10,11)9-15(12,13)2(6,7)8/h8H,5-7H2,1-4H3;/q+1;-1. The molecule has 0 fully saturated rings. The van der Waals surface area contributed by atoms with Gasteiger partial charge in [0, 0.05) is 20.1 Å². The molecule has 0 aliphatic rings. The van der Waals surface area contributed by atoms with Crippen LogP contribution >= 0.6 is 0 Å². The molecule has 1 rings (SSSR count). The molecule has 1 heterocycles. The van der Waals surface area contributed by atoms with E-state index in [4.69, 9.17) is 4.74 Å². The Kier molecular flexibility index (Phi) is 8.94. The van der Waals surface area contributed by atoms with E-state index >= 15 is 0 Å². The van der Waals surface area contributed by atoms with Gasteiger partial charge in [0.1, 0.15) is 6.61 Å². The molecule has 28 heavy (non-hydrogen) atoms. The van der Waals surface area contributed by atoms with Crippen LogP contribution in [0.15, 0.2) is 6.07 Å². The fourth-order valence-electron chi connectivity index (χ4n) is 1.94. The molecule has 0 saturated heterocycles. The van der Waals surface area contributed by atoms with Gasteiger partial charge in [0.05, 0.1) is 12.2 Å². The quantitative estimate of drug-likeness (QED) is 0.475. The smallest absolute Gasteiger partial charge is 0.421 e. The summed E-state index contributed by atoms with van der Waals surface area (Å²) in [5.74, 6) is 0. The summed E-state index contributed by atoms with van der Waals surface area (Å²) in [5, 5.41) is 0. The van der Waals surface area contributed by atoms with E-state index in [9.17, 15) is 43.2 Å². The van der Waals surface area contributed by atoms with E-state index in [1.807, 2.05) is 0 Å². The van der Waals surface area contributed by atoms with Crippen molar-refractivity contribution in [1.29, 1.82) is 0 Å². The van der Waals surface area contributed by atoms with Crippen molar-refractivity contribution in [2.45, 2.75) is 44.9 Å². The molecule has 8 nitrogen and oxygen atoms in total. The van der Waals surface area contributed by atoms with Gasteiger partial charge in [-0.3, -0.25) is 0 Å². The van der Waals surface area contributed by atoms with Crippen molar-refractivity contribution in [3.8, 4) is 0 Å². The highest BCUT2D eigenvalue weighted by Gasteiger charge is 2.46. The topological polar surface area (TPSA) is 100 Å². The molecule has 0 N–H and O–H groups in total. The monoisotopic (exact) mass is 463 g/mol. The van der Waals surface area contributed by atoms with Crippen LogP contribution in [0.25, 0.3) is 4.13 Å². The third-order valence-electron chi connectivity index (χ3n) is 3.11. The molecule has 1 aromatic heterocycles. The lowest BCUT2D eigenvalue weighted by Gasteiger charge is -2.22. The van der Waals surface area contributed by atoms with Crippen molar-refractivity contribution in [3.05, 3.63) is 21.6 Å². The summed E-state index contributed by atoms with van der Waals surface area (Å²) in [5.41, 5.74) is -9.79. The minimum Gasteiger partial charge on any atom is -0.421 e. The average Bonchev–Trinajstić information content (AvgIpc) is 2.75. The molecule has 1 aromatic rings. The first kappa shape index (κ1) is 26.6. The van der Waals surface area contributed by atoms with Crippen LogP contribution in [0.1, 0.15) is 18.3 Å². The third kappa shape index (κ3) is 6.89. The van der Waals surface area contributed by atoms with Gasteiger partial charge in [-0.15, -0.1) is 4.68 Å². The fourth-order valence-corrected chi connectivity index (χ4v) is 3.65. The lowest BCUT2D eigenvalue weighted by Crippen LogP contribution is -2.46. The largest absolute Gasteiger partial charge is 0.480 e. The summed E-state index contributed by atoms with van der Waals surface area (Å²) < 4.78 is 119. The van der Waals surface area contributed by atoms with Gasteiger partial charge in [-0.05, 0) is 13.8 Å². The van der Waals surface area contributed by atoms with E-state index in [0.29, 0.717) is 0 Å². The number of halogens is 6. The number of hydrogen-bond donors (Lipinski definition) is 0. The SMILES string of the molecule is CCn1c(C)cc(C)[n+]1CCOC.O=S(=O)([N-]S(=O)(=O)C(F)(F)F)C(F)(F)F. The zero-order valence-electron chi connectivity index (χ0n) is 15.2. The Hall–Kier alpha value is -1.39. The van der Waals surface area contributed by atoms with E-state index in [-0.39, 0.29) is 0 Å². The lowest BCUT2D eigenvalue weighted by atomic mass is 10.4. The first-order valence-electron chi connectivity index (χ1n) is 7.34. The number of sulfonamides is 2. The maximum Gasteiger partial charge on any atom is 0.480 e. The number of aromatic nitrogens is 2. The van der Waals surface area contributed by atoms with Crippen LogP contribution in [-0.4, -0.2) is 46.3 Å². The second kappa shape index (κ2) is 9.41. The second-order valence-corrected chi connectivity index (χ2v) is 8.60. The van der Waals surface area contributed by atoms with Gasteiger partial charge in [0.15, 0.2) is 26.6 Å². The number of rotatable bonds is 6. The molecule has 0 radical (unpaired) electrons.